The van der Waals surface area contributed by atoms with E-state index in [-0.39, 0.29) is 30.1 Å². The number of sulfone groups is 1. The first-order valence-electron chi connectivity index (χ1n) is 10.6. The number of nitrogens with zero attached hydrogens (tertiary/aromatic N) is 1. The Kier molecular flexibility index (Phi) is 5.82. The summed E-state index contributed by atoms with van der Waals surface area (Å²) in [6.07, 6.45) is 4.07. The van der Waals surface area contributed by atoms with Crippen molar-refractivity contribution in [1.82, 2.24) is 4.90 Å². The first-order valence-corrected chi connectivity index (χ1v) is 12.4. The summed E-state index contributed by atoms with van der Waals surface area (Å²) in [5, 5.41) is 1.99. The van der Waals surface area contributed by atoms with Crippen molar-refractivity contribution in [3.05, 3.63) is 47.0 Å². The van der Waals surface area contributed by atoms with Crippen LogP contribution in [0.5, 0.6) is 0 Å². The van der Waals surface area contributed by atoms with E-state index in [9.17, 15) is 18.0 Å². The Morgan fingerprint density at radius 1 is 1.13 bits per heavy atom. The van der Waals surface area contributed by atoms with Gasteiger partial charge in [-0.05, 0) is 53.6 Å². The van der Waals surface area contributed by atoms with E-state index >= 15 is 0 Å². The maximum absolute atomic E-state index is 12.8. The lowest BCUT2D eigenvalue weighted by Crippen LogP contribution is -2.43. The zero-order chi connectivity index (χ0) is 21.3. The quantitative estimate of drug-likeness (QED) is 0.632. The van der Waals surface area contributed by atoms with Crippen LogP contribution in [0, 0.1) is 0 Å². The highest BCUT2D eigenvalue weighted by Crippen LogP contribution is 2.33. The molecule has 1 saturated heterocycles. The molecule has 0 bridgehead atoms. The van der Waals surface area contributed by atoms with Gasteiger partial charge in [-0.25, -0.2) is 13.2 Å². The molecule has 0 unspecified atom stereocenters. The normalized spacial score (nSPS) is 19.2. The fourth-order valence-corrected chi connectivity index (χ4v) is 6.30. The number of rotatable bonds is 7. The van der Waals surface area contributed by atoms with Crippen LogP contribution in [0.25, 0.3) is 10.8 Å². The Morgan fingerprint density at radius 3 is 2.60 bits per heavy atom. The van der Waals surface area contributed by atoms with Crippen molar-refractivity contribution < 1.29 is 22.7 Å². The number of aryl methyl sites for hydroxylation is 2. The zero-order valence-corrected chi connectivity index (χ0v) is 18.0. The third kappa shape index (κ3) is 4.08. The first kappa shape index (κ1) is 20.8. The van der Waals surface area contributed by atoms with Gasteiger partial charge in [-0.3, -0.25) is 4.79 Å². The molecule has 0 N–H and O–H groups in total. The molecule has 2 aromatic carbocycles. The molecule has 1 aliphatic heterocycles. The van der Waals surface area contributed by atoms with Gasteiger partial charge in [0, 0.05) is 12.6 Å². The average molecular weight is 430 g/mol. The number of unbranched alkanes of at least 4 members (excludes halogenated alkanes) is 1. The summed E-state index contributed by atoms with van der Waals surface area (Å²) < 4.78 is 29.1. The van der Waals surface area contributed by atoms with Gasteiger partial charge in [-0.15, -0.1) is 0 Å². The van der Waals surface area contributed by atoms with Gasteiger partial charge in [0.15, 0.2) is 16.4 Å². The summed E-state index contributed by atoms with van der Waals surface area (Å²) in [5.74, 6) is -0.752. The van der Waals surface area contributed by atoms with Gasteiger partial charge in [0.05, 0.1) is 17.1 Å². The Hall–Kier alpha value is -2.41. The van der Waals surface area contributed by atoms with Gasteiger partial charge in [0.25, 0.3) is 5.91 Å². The zero-order valence-electron chi connectivity index (χ0n) is 17.2. The fourth-order valence-electron chi connectivity index (χ4n) is 4.57. The highest BCUT2D eigenvalue weighted by molar-refractivity contribution is 7.91. The topological polar surface area (TPSA) is 80.8 Å². The van der Waals surface area contributed by atoms with Crippen molar-refractivity contribution in [2.24, 2.45) is 0 Å². The molecule has 2 aliphatic rings. The molecule has 1 aliphatic carbocycles. The number of carbonyl (C=O) groups is 2. The molecule has 0 spiro atoms. The van der Waals surface area contributed by atoms with Gasteiger partial charge >= 0.3 is 5.97 Å². The Balaban J connectivity index is 1.47. The minimum atomic E-state index is -3.10. The highest BCUT2D eigenvalue weighted by Gasteiger charge is 2.34. The summed E-state index contributed by atoms with van der Waals surface area (Å²) in [6.45, 7) is 2.12. The van der Waals surface area contributed by atoms with Crippen LogP contribution in [0.1, 0.15) is 47.7 Å². The summed E-state index contributed by atoms with van der Waals surface area (Å²) in [7, 11) is -3.10. The number of benzene rings is 2. The second-order valence-corrected chi connectivity index (χ2v) is 10.4. The van der Waals surface area contributed by atoms with Crippen molar-refractivity contribution in [3.8, 4) is 0 Å². The van der Waals surface area contributed by atoms with Crippen molar-refractivity contribution in [2.75, 3.05) is 24.7 Å². The molecule has 1 amide bonds. The van der Waals surface area contributed by atoms with Crippen LogP contribution in [0.15, 0.2) is 30.3 Å². The molecule has 30 heavy (non-hydrogen) atoms. The molecule has 1 atom stereocenters. The largest absolute Gasteiger partial charge is 0.452 e. The Labute approximate surface area is 177 Å². The Bertz CT molecular complexity index is 1080. The predicted molar refractivity (Wildman–Crippen MR) is 115 cm³/mol. The van der Waals surface area contributed by atoms with Crippen molar-refractivity contribution in [2.45, 2.75) is 45.1 Å². The van der Waals surface area contributed by atoms with E-state index < -0.39 is 15.8 Å². The summed E-state index contributed by atoms with van der Waals surface area (Å²) in [4.78, 5) is 27.2. The number of hydrogen-bond donors (Lipinski definition) is 0. The fraction of sp³-hybridized carbons (Fsp3) is 0.478. The van der Waals surface area contributed by atoms with E-state index in [4.69, 9.17) is 4.74 Å². The maximum Gasteiger partial charge on any atom is 0.339 e. The number of ether oxygens (including phenoxy) is 1. The highest BCUT2D eigenvalue weighted by atomic mass is 32.2. The van der Waals surface area contributed by atoms with Crippen LogP contribution in [0.3, 0.4) is 0 Å². The standard InChI is InChI=1S/C23H27NO5S/c1-2-3-12-24(18-11-13-30(27,28)15-18)21(25)14-29-23(26)20-10-9-17-8-7-16-5-4-6-19(20)22(16)17/h4-6,9-10,18H,2-3,7-8,11-15H2,1H3/t18-/m0/s1. The van der Waals surface area contributed by atoms with Crippen molar-refractivity contribution in [3.63, 3.8) is 0 Å². The molecule has 6 nitrogen and oxygen atoms in total. The second kappa shape index (κ2) is 8.38. The molecule has 1 fully saturated rings. The van der Waals surface area contributed by atoms with Gasteiger partial charge in [0.2, 0.25) is 0 Å². The third-order valence-corrected chi connectivity index (χ3v) is 7.90. The number of esters is 1. The second-order valence-electron chi connectivity index (χ2n) is 8.19. The SMILES string of the molecule is CCCCN(C(=O)COC(=O)c1ccc2c3c(cccc13)CC2)[C@H]1CCS(=O)(=O)C1. The molecule has 0 radical (unpaired) electrons. The summed E-state index contributed by atoms with van der Waals surface area (Å²) in [5.41, 5.74) is 2.94. The molecule has 160 valence electrons. The maximum atomic E-state index is 12.8. The van der Waals surface area contributed by atoms with Crippen LogP contribution < -0.4 is 0 Å². The molecule has 4 rings (SSSR count). The van der Waals surface area contributed by atoms with Gasteiger partial charge in [0.1, 0.15) is 0 Å². The number of carbonyl (C=O) groups excluding carboxylic acids is 2. The molecule has 0 saturated carbocycles. The van der Waals surface area contributed by atoms with Crippen LogP contribution >= 0.6 is 0 Å². The van der Waals surface area contributed by atoms with Gasteiger partial charge in [-0.1, -0.05) is 37.6 Å². The Morgan fingerprint density at radius 2 is 1.90 bits per heavy atom. The molecule has 0 aromatic heterocycles. The van der Waals surface area contributed by atoms with E-state index in [1.165, 1.54) is 11.1 Å². The minimum Gasteiger partial charge on any atom is -0.452 e. The number of hydrogen-bond acceptors (Lipinski definition) is 5. The molecular weight excluding hydrogens is 402 g/mol. The third-order valence-electron chi connectivity index (χ3n) is 6.15. The van der Waals surface area contributed by atoms with E-state index in [2.05, 4.69) is 6.07 Å². The predicted octanol–water partition coefficient (Wildman–Crippen LogP) is 2.91. The van der Waals surface area contributed by atoms with Crippen LogP contribution in [0.4, 0.5) is 0 Å². The molecular formula is C23H27NO5S. The lowest BCUT2D eigenvalue weighted by molar-refractivity contribution is -0.136. The van der Waals surface area contributed by atoms with Crippen molar-refractivity contribution in [1.29, 1.82) is 0 Å². The molecule has 1 heterocycles. The van der Waals surface area contributed by atoms with Gasteiger partial charge < -0.3 is 9.64 Å². The summed E-state index contributed by atoms with van der Waals surface area (Å²) in [6, 6.07) is 9.36. The first-order chi connectivity index (χ1) is 14.4. The van der Waals surface area contributed by atoms with Crippen LogP contribution in [-0.2, 0) is 32.2 Å². The smallest absolute Gasteiger partial charge is 0.339 e. The molecule has 7 heteroatoms. The lowest BCUT2D eigenvalue weighted by atomic mass is 10.00. The average Bonchev–Trinajstić information content (AvgIpc) is 3.31. The number of amides is 1. The van der Waals surface area contributed by atoms with Crippen molar-refractivity contribution >= 4 is 32.5 Å². The van der Waals surface area contributed by atoms with Crippen LogP contribution in [-0.4, -0.2) is 55.9 Å². The van der Waals surface area contributed by atoms with Crippen LogP contribution in [0.2, 0.25) is 0 Å². The summed E-state index contributed by atoms with van der Waals surface area (Å²) >= 11 is 0. The molecule has 2 aromatic rings. The van der Waals surface area contributed by atoms with E-state index in [1.54, 1.807) is 11.0 Å². The lowest BCUT2D eigenvalue weighted by Gasteiger charge is -2.28. The van der Waals surface area contributed by atoms with E-state index in [0.29, 0.717) is 18.5 Å². The monoisotopic (exact) mass is 429 g/mol. The van der Waals surface area contributed by atoms with Gasteiger partial charge in [-0.2, -0.15) is 0 Å². The minimum absolute atomic E-state index is 0.00865. The van der Waals surface area contributed by atoms with E-state index in [1.807, 2.05) is 25.1 Å². The van der Waals surface area contributed by atoms with E-state index in [0.717, 1.165) is 36.5 Å².